The maximum Gasteiger partial charge on any atom is 0 e. The van der Waals surface area contributed by atoms with E-state index in [0.717, 1.165) is 0 Å². The summed E-state index contributed by atoms with van der Waals surface area (Å²) in [4.78, 5) is 0. The van der Waals surface area contributed by atoms with Gasteiger partial charge >= 0.3 is 0 Å². The van der Waals surface area contributed by atoms with Crippen LogP contribution in [-0.4, -0.2) is 18.9 Å². The van der Waals surface area contributed by atoms with Crippen LogP contribution in [0.1, 0.15) is 0 Å². The van der Waals surface area contributed by atoms with E-state index in [1.165, 1.54) is 0 Å². The molecule has 0 aromatic carbocycles. The Morgan fingerprint density at radius 3 is 1.00 bits per heavy atom. The largest absolute Gasteiger partial charge is 0 e. The van der Waals surface area contributed by atoms with E-state index in [9.17, 15) is 0 Å². The average Bonchev–Trinajstić information content (AvgIpc) is 0. The van der Waals surface area contributed by atoms with Crippen molar-refractivity contribution in [3.63, 3.8) is 0 Å². The standard InChI is InChI=1S/Fe.Li.Mn.Ni. The molecule has 26 valence electrons. The zero-order valence-corrected chi connectivity index (χ0v) is 5.32. The van der Waals surface area contributed by atoms with E-state index < -0.39 is 0 Å². The predicted octanol–water partition coefficient (Wildman–Crippen LogP) is -0.388. The summed E-state index contributed by atoms with van der Waals surface area (Å²) in [5, 5.41) is 0. The Kier molecular flexibility index (Phi) is 171. The second kappa shape index (κ2) is 19.3. The SMILES string of the molecule is [Fe].[Li].[Mn].[Ni]. The molecule has 0 atom stereocenters. The van der Waals surface area contributed by atoms with E-state index in [0.29, 0.717) is 0 Å². The van der Waals surface area contributed by atoms with E-state index in [1.54, 1.807) is 0 Å². The van der Waals surface area contributed by atoms with E-state index in [2.05, 4.69) is 0 Å². The first-order chi connectivity index (χ1) is 0. The molecule has 0 aromatic rings. The minimum atomic E-state index is 0. The summed E-state index contributed by atoms with van der Waals surface area (Å²) in [6, 6.07) is 0. The molecule has 0 rings (SSSR count). The van der Waals surface area contributed by atoms with Gasteiger partial charge in [0.15, 0.2) is 0 Å². The third-order valence-corrected chi connectivity index (χ3v) is 0. The van der Waals surface area contributed by atoms with Gasteiger partial charge < -0.3 is 0 Å². The van der Waals surface area contributed by atoms with Gasteiger partial charge in [-0.05, 0) is 0 Å². The third kappa shape index (κ3) is 8.92. The summed E-state index contributed by atoms with van der Waals surface area (Å²) in [5.74, 6) is 0. The van der Waals surface area contributed by atoms with Gasteiger partial charge in [0.2, 0.25) is 0 Å². The van der Waals surface area contributed by atoms with Crippen molar-refractivity contribution in [3.05, 3.63) is 0 Å². The molecule has 0 heterocycles. The van der Waals surface area contributed by atoms with Crippen molar-refractivity contribution in [3.8, 4) is 0 Å². The number of hydrogen-bond acceptors (Lipinski definition) is 0. The minimum absolute atomic E-state index is 0. The van der Waals surface area contributed by atoms with Crippen LogP contribution in [0.2, 0.25) is 0 Å². The zero-order valence-electron chi connectivity index (χ0n) is 2.05. The van der Waals surface area contributed by atoms with E-state index in [-0.39, 0.29) is 69.5 Å². The minimum Gasteiger partial charge on any atom is 0 e. The fraction of sp³-hybridized carbons (Fsp3) is 0. The Labute approximate surface area is 68.9 Å². The normalized spacial score (nSPS) is 0. The fourth-order valence-corrected chi connectivity index (χ4v) is 0. The van der Waals surface area contributed by atoms with Crippen molar-refractivity contribution < 1.29 is 50.6 Å². The Morgan fingerprint density at radius 1 is 1.00 bits per heavy atom. The summed E-state index contributed by atoms with van der Waals surface area (Å²) in [7, 11) is 0. The summed E-state index contributed by atoms with van der Waals surface area (Å²) in [5.41, 5.74) is 0. The van der Waals surface area contributed by atoms with Crippen molar-refractivity contribution in [2.75, 3.05) is 0 Å². The zero-order chi connectivity index (χ0) is 0. The van der Waals surface area contributed by atoms with Crippen molar-refractivity contribution in [1.29, 1.82) is 0 Å². The number of hydrogen-bond donors (Lipinski definition) is 0. The molecule has 0 N–H and O–H groups in total. The van der Waals surface area contributed by atoms with Crippen LogP contribution < -0.4 is 0 Å². The monoisotopic (exact) mass is 176 g/mol. The molecule has 0 unspecified atom stereocenters. The topological polar surface area (TPSA) is 0 Å². The maximum absolute atomic E-state index is 0. The Bertz CT molecular complexity index is 8.00. The van der Waals surface area contributed by atoms with Crippen molar-refractivity contribution in [2.45, 2.75) is 0 Å². The maximum atomic E-state index is 0. The molecule has 0 aliphatic heterocycles. The average molecular weight is 176 g/mol. The van der Waals surface area contributed by atoms with Gasteiger partial charge in [-0.1, -0.05) is 0 Å². The summed E-state index contributed by atoms with van der Waals surface area (Å²) >= 11 is 0. The van der Waals surface area contributed by atoms with Crippen LogP contribution >= 0.6 is 0 Å². The van der Waals surface area contributed by atoms with E-state index in [1.807, 2.05) is 0 Å². The number of rotatable bonds is 0. The van der Waals surface area contributed by atoms with Gasteiger partial charge in [0.25, 0.3) is 0 Å². The van der Waals surface area contributed by atoms with Crippen LogP contribution in [-0.2, 0) is 50.6 Å². The van der Waals surface area contributed by atoms with Crippen LogP contribution in [0.15, 0.2) is 0 Å². The van der Waals surface area contributed by atoms with Crippen LogP contribution in [0.5, 0.6) is 0 Å². The molecule has 0 fully saturated rings. The Hall–Kier alpha value is 2.13. The van der Waals surface area contributed by atoms with Crippen molar-refractivity contribution in [2.24, 2.45) is 0 Å². The predicted molar refractivity (Wildman–Crippen MR) is 5.75 cm³/mol. The van der Waals surface area contributed by atoms with Crippen LogP contribution in [0, 0.1) is 0 Å². The molecule has 2 radical (unpaired) electrons. The molecule has 0 aliphatic rings. The molecule has 0 saturated carbocycles. The second-order valence-electron chi connectivity index (χ2n) is 0. The molecule has 0 spiro atoms. The quantitative estimate of drug-likeness (QED) is 0.441. The first kappa shape index (κ1) is 35.6. The van der Waals surface area contributed by atoms with E-state index >= 15 is 0 Å². The van der Waals surface area contributed by atoms with Gasteiger partial charge in [-0.3, -0.25) is 0 Å². The van der Waals surface area contributed by atoms with Gasteiger partial charge in [-0.25, -0.2) is 0 Å². The Balaban J connectivity index is 0. The summed E-state index contributed by atoms with van der Waals surface area (Å²) < 4.78 is 0. The molecule has 0 amide bonds. The molecule has 4 heteroatoms. The van der Waals surface area contributed by atoms with Gasteiger partial charge in [0.05, 0.1) is 0 Å². The van der Waals surface area contributed by atoms with Crippen molar-refractivity contribution in [1.82, 2.24) is 0 Å². The fourth-order valence-electron chi connectivity index (χ4n) is 0. The first-order valence-corrected chi connectivity index (χ1v) is 0. The molecule has 0 aliphatic carbocycles. The molecule has 4 heavy (non-hydrogen) atoms. The molecular weight excluding hydrogens is 176 g/mol. The van der Waals surface area contributed by atoms with Gasteiger partial charge in [0, 0.05) is 69.5 Å². The smallest absolute Gasteiger partial charge is 0 e. The summed E-state index contributed by atoms with van der Waals surface area (Å²) in [6.07, 6.45) is 0. The van der Waals surface area contributed by atoms with Gasteiger partial charge in [-0.15, -0.1) is 0 Å². The first-order valence-electron chi connectivity index (χ1n) is 0. The van der Waals surface area contributed by atoms with E-state index in [4.69, 9.17) is 0 Å². The van der Waals surface area contributed by atoms with Crippen LogP contribution in [0.3, 0.4) is 0 Å². The van der Waals surface area contributed by atoms with Crippen LogP contribution in [0.25, 0.3) is 0 Å². The van der Waals surface area contributed by atoms with Gasteiger partial charge in [-0.2, -0.15) is 0 Å². The van der Waals surface area contributed by atoms with Crippen molar-refractivity contribution >= 4 is 18.9 Å². The molecule has 0 aromatic heterocycles. The second-order valence-corrected chi connectivity index (χ2v) is 0. The third-order valence-electron chi connectivity index (χ3n) is 0. The summed E-state index contributed by atoms with van der Waals surface area (Å²) in [6.45, 7) is 0. The molecule has 0 nitrogen and oxygen atoms in total. The molecule has 0 bridgehead atoms. The Morgan fingerprint density at radius 2 is 1.00 bits per heavy atom. The molecule has 0 saturated heterocycles. The van der Waals surface area contributed by atoms with Crippen LogP contribution in [0.4, 0.5) is 0 Å². The van der Waals surface area contributed by atoms with Gasteiger partial charge in [0.1, 0.15) is 0 Å². The molecular formula is FeLiMnNi.